The van der Waals surface area contributed by atoms with Crippen LogP contribution in [-0.2, 0) is 0 Å². The number of nitrogens with zero attached hydrogens (tertiary/aromatic N) is 2. The summed E-state index contributed by atoms with van der Waals surface area (Å²) in [5.74, 6) is 0.985. The molecule has 0 saturated heterocycles. The van der Waals surface area contributed by atoms with Gasteiger partial charge in [0.15, 0.2) is 0 Å². The van der Waals surface area contributed by atoms with Gasteiger partial charge in [0, 0.05) is 6.20 Å². The average molecular weight is 233 g/mol. The molecule has 3 nitrogen and oxygen atoms in total. The van der Waals surface area contributed by atoms with Crippen molar-refractivity contribution in [1.82, 2.24) is 15.3 Å². The van der Waals surface area contributed by atoms with Crippen LogP contribution in [0.2, 0.25) is 0 Å². The Morgan fingerprint density at radius 2 is 2.18 bits per heavy atom. The zero-order valence-corrected chi connectivity index (χ0v) is 10.9. The van der Waals surface area contributed by atoms with Gasteiger partial charge in [-0.05, 0) is 38.6 Å². The van der Waals surface area contributed by atoms with E-state index in [9.17, 15) is 0 Å². The fourth-order valence-corrected chi connectivity index (χ4v) is 2.06. The molecule has 0 radical (unpaired) electrons. The Labute approximate surface area is 104 Å². The number of hydrogen-bond donors (Lipinski definition) is 1. The van der Waals surface area contributed by atoms with Crippen molar-refractivity contribution in [2.45, 2.75) is 52.0 Å². The van der Waals surface area contributed by atoms with Gasteiger partial charge in [-0.2, -0.15) is 0 Å². The molecule has 1 N–H and O–H groups in total. The summed E-state index contributed by atoms with van der Waals surface area (Å²) in [6, 6.07) is 0.392. The zero-order valence-electron chi connectivity index (χ0n) is 10.9. The van der Waals surface area contributed by atoms with Crippen molar-refractivity contribution in [2.24, 2.45) is 5.92 Å². The van der Waals surface area contributed by atoms with Crippen molar-refractivity contribution in [3.8, 4) is 0 Å². The van der Waals surface area contributed by atoms with Gasteiger partial charge in [0.25, 0.3) is 0 Å². The second-order valence-electron chi connectivity index (χ2n) is 5.11. The van der Waals surface area contributed by atoms with Crippen LogP contribution in [0.3, 0.4) is 0 Å². The normalized spacial score (nSPS) is 17.1. The van der Waals surface area contributed by atoms with Crippen LogP contribution in [0.4, 0.5) is 0 Å². The van der Waals surface area contributed by atoms with Crippen molar-refractivity contribution in [3.05, 3.63) is 23.8 Å². The first-order valence-corrected chi connectivity index (χ1v) is 6.81. The lowest BCUT2D eigenvalue weighted by Gasteiger charge is -2.17. The van der Waals surface area contributed by atoms with E-state index in [1.165, 1.54) is 32.1 Å². The molecule has 0 aliphatic heterocycles. The second kappa shape index (κ2) is 6.10. The highest BCUT2D eigenvalue weighted by atomic mass is 14.9. The predicted molar refractivity (Wildman–Crippen MR) is 69.8 cm³/mol. The Kier molecular flexibility index (Phi) is 4.49. The average Bonchev–Trinajstić information content (AvgIpc) is 3.15. The van der Waals surface area contributed by atoms with E-state index < -0.39 is 0 Å². The van der Waals surface area contributed by atoms with E-state index in [0.717, 1.165) is 23.9 Å². The zero-order chi connectivity index (χ0) is 12.1. The third-order valence-electron chi connectivity index (χ3n) is 3.36. The molecule has 3 heteroatoms. The van der Waals surface area contributed by atoms with E-state index in [0.29, 0.717) is 6.04 Å². The maximum Gasteiger partial charge on any atom is 0.0756 e. The lowest BCUT2D eigenvalue weighted by atomic mass is 10.1. The van der Waals surface area contributed by atoms with Crippen LogP contribution in [0.15, 0.2) is 12.4 Å². The number of aromatic nitrogens is 2. The molecule has 1 aliphatic carbocycles. The van der Waals surface area contributed by atoms with E-state index in [4.69, 9.17) is 0 Å². The number of rotatable bonds is 7. The fourth-order valence-electron chi connectivity index (χ4n) is 2.06. The number of nitrogens with one attached hydrogen (secondary N) is 1. The monoisotopic (exact) mass is 233 g/mol. The quantitative estimate of drug-likeness (QED) is 0.786. The molecule has 0 spiro atoms. The molecule has 1 unspecified atom stereocenters. The summed E-state index contributed by atoms with van der Waals surface area (Å²) in [5, 5.41) is 3.59. The third-order valence-corrected chi connectivity index (χ3v) is 3.36. The van der Waals surface area contributed by atoms with Crippen molar-refractivity contribution in [2.75, 3.05) is 6.54 Å². The van der Waals surface area contributed by atoms with E-state index in [1.807, 2.05) is 19.3 Å². The summed E-state index contributed by atoms with van der Waals surface area (Å²) in [5.41, 5.74) is 2.09. The first-order chi connectivity index (χ1) is 8.29. The lowest BCUT2D eigenvalue weighted by Crippen LogP contribution is -2.23. The van der Waals surface area contributed by atoms with Crippen molar-refractivity contribution in [3.63, 3.8) is 0 Å². The predicted octanol–water partition coefficient (Wildman–Crippen LogP) is 3.02. The van der Waals surface area contributed by atoms with Crippen LogP contribution in [0.25, 0.3) is 0 Å². The van der Waals surface area contributed by atoms with Gasteiger partial charge in [0.2, 0.25) is 0 Å². The molecule has 0 bridgehead atoms. The minimum Gasteiger partial charge on any atom is -0.309 e. The molecule has 0 aromatic carbocycles. The standard InChI is InChI=1S/C14H23N3/c1-3-8-15-13(7-6-12-4-5-12)14-10-16-11(2)9-17-14/h9-10,12-13,15H,3-8H2,1-2H3. The highest BCUT2D eigenvalue weighted by Crippen LogP contribution is 2.35. The lowest BCUT2D eigenvalue weighted by molar-refractivity contribution is 0.459. The van der Waals surface area contributed by atoms with Crippen molar-refractivity contribution in [1.29, 1.82) is 0 Å². The van der Waals surface area contributed by atoms with Crippen LogP contribution >= 0.6 is 0 Å². The number of hydrogen-bond acceptors (Lipinski definition) is 3. The highest BCUT2D eigenvalue weighted by Gasteiger charge is 2.23. The molecule has 1 atom stereocenters. The maximum absolute atomic E-state index is 4.50. The Balaban J connectivity index is 1.93. The molecule has 1 heterocycles. The van der Waals surface area contributed by atoms with Gasteiger partial charge in [-0.1, -0.05) is 19.8 Å². The molecule has 1 aromatic heterocycles. The minimum absolute atomic E-state index is 0.392. The number of aryl methyl sites for hydroxylation is 1. The summed E-state index contributed by atoms with van der Waals surface area (Å²) in [6.45, 7) is 5.24. The van der Waals surface area contributed by atoms with Crippen LogP contribution in [0.1, 0.15) is 56.5 Å². The summed E-state index contributed by atoms with van der Waals surface area (Å²) in [7, 11) is 0. The van der Waals surface area contributed by atoms with Crippen LogP contribution in [0.5, 0.6) is 0 Å². The Hall–Kier alpha value is -0.960. The largest absolute Gasteiger partial charge is 0.309 e. The molecule has 1 aromatic rings. The second-order valence-corrected chi connectivity index (χ2v) is 5.11. The summed E-state index contributed by atoms with van der Waals surface area (Å²) in [6.07, 6.45) is 10.3. The Morgan fingerprint density at radius 3 is 2.76 bits per heavy atom. The van der Waals surface area contributed by atoms with Gasteiger partial charge in [-0.15, -0.1) is 0 Å². The molecule has 1 aliphatic rings. The van der Waals surface area contributed by atoms with Crippen LogP contribution in [0, 0.1) is 12.8 Å². The minimum atomic E-state index is 0.392. The van der Waals surface area contributed by atoms with E-state index >= 15 is 0 Å². The van der Waals surface area contributed by atoms with E-state index in [2.05, 4.69) is 22.2 Å². The molecule has 2 rings (SSSR count). The summed E-state index contributed by atoms with van der Waals surface area (Å²) < 4.78 is 0. The summed E-state index contributed by atoms with van der Waals surface area (Å²) >= 11 is 0. The molecular formula is C14H23N3. The van der Waals surface area contributed by atoms with Gasteiger partial charge in [0.05, 0.1) is 23.6 Å². The van der Waals surface area contributed by atoms with Gasteiger partial charge in [0.1, 0.15) is 0 Å². The van der Waals surface area contributed by atoms with Crippen molar-refractivity contribution < 1.29 is 0 Å². The van der Waals surface area contributed by atoms with Gasteiger partial charge in [-0.3, -0.25) is 9.97 Å². The van der Waals surface area contributed by atoms with E-state index in [1.54, 1.807) is 0 Å². The first-order valence-electron chi connectivity index (χ1n) is 6.81. The Bertz CT molecular complexity index is 330. The highest BCUT2D eigenvalue weighted by molar-refractivity contribution is 5.06. The van der Waals surface area contributed by atoms with Gasteiger partial charge in [-0.25, -0.2) is 0 Å². The fraction of sp³-hybridized carbons (Fsp3) is 0.714. The van der Waals surface area contributed by atoms with E-state index in [-0.39, 0.29) is 0 Å². The van der Waals surface area contributed by atoms with Gasteiger partial charge >= 0.3 is 0 Å². The Morgan fingerprint density at radius 1 is 1.35 bits per heavy atom. The van der Waals surface area contributed by atoms with Gasteiger partial charge < -0.3 is 5.32 Å². The van der Waals surface area contributed by atoms with Crippen LogP contribution in [-0.4, -0.2) is 16.5 Å². The molecule has 1 fully saturated rings. The first kappa shape index (κ1) is 12.5. The molecular weight excluding hydrogens is 210 g/mol. The van der Waals surface area contributed by atoms with Crippen molar-refractivity contribution >= 4 is 0 Å². The smallest absolute Gasteiger partial charge is 0.0756 e. The molecule has 0 amide bonds. The molecule has 1 saturated carbocycles. The maximum atomic E-state index is 4.50. The van der Waals surface area contributed by atoms with Crippen LogP contribution < -0.4 is 5.32 Å². The summed E-state index contributed by atoms with van der Waals surface area (Å²) in [4.78, 5) is 8.85. The third kappa shape index (κ3) is 4.08. The molecule has 17 heavy (non-hydrogen) atoms. The molecule has 94 valence electrons. The SMILES string of the molecule is CCCNC(CCC1CC1)c1cnc(C)cn1. The topological polar surface area (TPSA) is 37.8 Å².